The monoisotopic (exact) mass is 251 g/mol. The van der Waals surface area contributed by atoms with Crippen LogP contribution in [0, 0.1) is 0 Å². The number of hydrogen-bond donors (Lipinski definition) is 1. The van der Waals surface area contributed by atoms with Crippen molar-refractivity contribution in [3.63, 3.8) is 0 Å². The van der Waals surface area contributed by atoms with Crippen molar-refractivity contribution in [3.8, 4) is 0 Å². The molecule has 1 N–H and O–H groups in total. The highest BCUT2D eigenvalue weighted by Gasteiger charge is 2.10. The third-order valence-electron chi connectivity index (χ3n) is 2.63. The smallest absolute Gasteiger partial charge is 0.317 e. The van der Waals surface area contributed by atoms with Crippen LogP contribution in [0.15, 0.2) is 24.4 Å². The molecule has 0 aliphatic heterocycles. The maximum absolute atomic E-state index is 10.8. The van der Waals surface area contributed by atoms with Gasteiger partial charge in [0.15, 0.2) is 0 Å². The summed E-state index contributed by atoms with van der Waals surface area (Å²) in [5.74, 6) is -0.783. The minimum Gasteiger partial charge on any atom is -0.480 e. The molecule has 0 aliphatic carbocycles. The molecule has 1 heterocycles. The van der Waals surface area contributed by atoms with Gasteiger partial charge in [-0.15, -0.1) is 0 Å². The zero-order chi connectivity index (χ0) is 13.4. The number of likely N-dealkylation sites (N-methyl/N-ethyl adjacent to an activating group) is 1. The molecule has 0 saturated heterocycles. The van der Waals surface area contributed by atoms with Crippen LogP contribution in [-0.4, -0.2) is 66.1 Å². The van der Waals surface area contributed by atoms with Crippen molar-refractivity contribution in [1.82, 2.24) is 14.8 Å². The van der Waals surface area contributed by atoms with Gasteiger partial charge in [0.1, 0.15) is 0 Å². The Morgan fingerprint density at radius 2 is 2.06 bits per heavy atom. The van der Waals surface area contributed by atoms with Gasteiger partial charge in [0.05, 0.1) is 6.54 Å². The minimum absolute atomic E-state index is 0.0840. The van der Waals surface area contributed by atoms with Crippen molar-refractivity contribution in [2.45, 2.75) is 6.42 Å². The number of carboxylic acid groups (broad SMARTS) is 1. The number of rotatable bonds is 8. The standard InChI is InChI=1S/C13H21N3O2/c1-15(2)9-10-16(11-13(17)18)8-6-12-5-3-4-7-14-12/h3-5,7H,6,8-11H2,1-2H3,(H,17,18). The summed E-state index contributed by atoms with van der Waals surface area (Å²) >= 11 is 0. The quantitative estimate of drug-likeness (QED) is 0.732. The van der Waals surface area contributed by atoms with Gasteiger partial charge in [-0.3, -0.25) is 14.7 Å². The van der Waals surface area contributed by atoms with E-state index in [9.17, 15) is 4.79 Å². The second kappa shape index (κ2) is 7.79. The van der Waals surface area contributed by atoms with Crippen molar-refractivity contribution < 1.29 is 9.90 Å². The van der Waals surface area contributed by atoms with Gasteiger partial charge in [0.2, 0.25) is 0 Å². The van der Waals surface area contributed by atoms with E-state index in [-0.39, 0.29) is 6.54 Å². The fraction of sp³-hybridized carbons (Fsp3) is 0.538. The number of aliphatic carboxylic acids is 1. The van der Waals surface area contributed by atoms with E-state index in [1.54, 1.807) is 6.20 Å². The van der Waals surface area contributed by atoms with Crippen molar-refractivity contribution >= 4 is 5.97 Å². The van der Waals surface area contributed by atoms with Crippen LogP contribution in [0.2, 0.25) is 0 Å². The number of aromatic nitrogens is 1. The van der Waals surface area contributed by atoms with Crippen LogP contribution in [0.1, 0.15) is 5.69 Å². The largest absolute Gasteiger partial charge is 0.480 e. The fourth-order valence-corrected chi connectivity index (χ4v) is 1.62. The lowest BCUT2D eigenvalue weighted by molar-refractivity contribution is -0.138. The Kier molecular flexibility index (Phi) is 6.32. The minimum atomic E-state index is -0.783. The van der Waals surface area contributed by atoms with Gasteiger partial charge in [-0.2, -0.15) is 0 Å². The van der Waals surface area contributed by atoms with Gasteiger partial charge >= 0.3 is 5.97 Å². The molecule has 0 saturated carbocycles. The Hall–Kier alpha value is -1.46. The molecule has 5 heteroatoms. The maximum Gasteiger partial charge on any atom is 0.317 e. The van der Waals surface area contributed by atoms with Crippen LogP contribution in [0.4, 0.5) is 0 Å². The SMILES string of the molecule is CN(C)CCN(CCc1ccccn1)CC(=O)O. The van der Waals surface area contributed by atoms with Crippen molar-refractivity contribution in [3.05, 3.63) is 30.1 Å². The van der Waals surface area contributed by atoms with Crippen molar-refractivity contribution in [1.29, 1.82) is 0 Å². The second-order valence-electron chi connectivity index (χ2n) is 4.54. The topological polar surface area (TPSA) is 56.7 Å². The van der Waals surface area contributed by atoms with Crippen molar-refractivity contribution in [2.75, 3.05) is 40.3 Å². The van der Waals surface area contributed by atoms with Crippen LogP contribution < -0.4 is 0 Å². The molecule has 0 radical (unpaired) electrons. The third-order valence-corrected chi connectivity index (χ3v) is 2.63. The van der Waals surface area contributed by atoms with Crippen LogP contribution in [-0.2, 0) is 11.2 Å². The summed E-state index contributed by atoms with van der Waals surface area (Å²) in [6, 6.07) is 5.79. The third kappa shape index (κ3) is 6.32. The van der Waals surface area contributed by atoms with Crippen LogP contribution in [0.3, 0.4) is 0 Å². The normalized spacial score (nSPS) is 11.1. The first kappa shape index (κ1) is 14.6. The molecular weight excluding hydrogens is 230 g/mol. The lowest BCUT2D eigenvalue weighted by Crippen LogP contribution is -2.37. The molecular formula is C13H21N3O2. The average Bonchev–Trinajstić information content (AvgIpc) is 2.33. The summed E-state index contributed by atoms with van der Waals surface area (Å²) in [5, 5.41) is 8.88. The summed E-state index contributed by atoms with van der Waals surface area (Å²) in [7, 11) is 3.97. The predicted octanol–water partition coefficient (Wildman–Crippen LogP) is 0.572. The average molecular weight is 251 g/mol. The molecule has 5 nitrogen and oxygen atoms in total. The lowest BCUT2D eigenvalue weighted by Gasteiger charge is -2.22. The van der Waals surface area contributed by atoms with Gasteiger partial charge in [0, 0.05) is 37.9 Å². The Morgan fingerprint density at radius 1 is 1.28 bits per heavy atom. The summed E-state index contributed by atoms with van der Waals surface area (Å²) in [5.41, 5.74) is 0.998. The molecule has 0 aliphatic rings. The van der Waals surface area contributed by atoms with Crippen molar-refractivity contribution in [2.24, 2.45) is 0 Å². The zero-order valence-electron chi connectivity index (χ0n) is 11.0. The van der Waals surface area contributed by atoms with Crippen LogP contribution in [0.25, 0.3) is 0 Å². The summed E-state index contributed by atoms with van der Waals surface area (Å²) in [6.07, 6.45) is 2.54. The highest BCUT2D eigenvalue weighted by molar-refractivity contribution is 5.69. The predicted molar refractivity (Wildman–Crippen MR) is 70.6 cm³/mol. The molecule has 1 rings (SSSR count). The Labute approximate surface area is 108 Å². The Bertz CT molecular complexity index is 355. The van der Waals surface area contributed by atoms with E-state index < -0.39 is 5.97 Å². The van der Waals surface area contributed by atoms with Gasteiger partial charge in [-0.05, 0) is 26.2 Å². The maximum atomic E-state index is 10.8. The second-order valence-corrected chi connectivity index (χ2v) is 4.54. The number of carboxylic acids is 1. The van der Waals surface area contributed by atoms with E-state index in [4.69, 9.17) is 5.11 Å². The first-order valence-electron chi connectivity index (χ1n) is 6.06. The van der Waals surface area contributed by atoms with E-state index >= 15 is 0 Å². The lowest BCUT2D eigenvalue weighted by atomic mass is 10.2. The van der Waals surface area contributed by atoms with Crippen LogP contribution in [0.5, 0.6) is 0 Å². The molecule has 0 atom stereocenters. The molecule has 0 amide bonds. The molecule has 0 aromatic carbocycles. The van der Waals surface area contributed by atoms with E-state index in [0.717, 1.165) is 31.7 Å². The van der Waals surface area contributed by atoms with Gasteiger partial charge in [0.25, 0.3) is 0 Å². The van der Waals surface area contributed by atoms with E-state index in [1.165, 1.54) is 0 Å². The molecule has 100 valence electrons. The van der Waals surface area contributed by atoms with E-state index in [0.29, 0.717) is 0 Å². The fourth-order valence-electron chi connectivity index (χ4n) is 1.62. The van der Waals surface area contributed by atoms with Gasteiger partial charge in [-0.1, -0.05) is 6.07 Å². The molecule has 0 unspecified atom stereocenters. The molecule has 0 spiro atoms. The first-order chi connectivity index (χ1) is 8.58. The summed E-state index contributed by atoms with van der Waals surface area (Å²) in [6.45, 7) is 2.42. The highest BCUT2D eigenvalue weighted by atomic mass is 16.4. The molecule has 1 aromatic rings. The molecule has 1 aromatic heterocycles. The van der Waals surface area contributed by atoms with Gasteiger partial charge < -0.3 is 10.0 Å². The zero-order valence-corrected chi connectivity index (χ0v) is 11.0. The Balaban J connectivity index is 2.42. The van der Waals surface area contributed by atoms with Crippen LogP contribution >= 0.6 is 0 Å². The summed E-state index contributed by atoms with van der Waals surface area (Å²) < 4.78 is 0. The first-order valence-corrected chi connectivity index (χ1v) is 6.06. The van der Waals surface area contributed by atoms with E-state index in [1.807, 2.05) is 37.2 Å². The number of carbonyl (C=O) groups is 1. The number of nitrogens with zero attached hydrogens (tertiary/aromatic N) is 3. The van der Waals surface area contributed by atoms with E-state index in [2.05, 4.69) is 9.88 Å². The molecule has 18 heavy (non-hydrogen) atoms. The number of pyridine rings is 1. The molecule has 0 fully saturated rings. The Morgan fingerprint density at radius 3 is 2.61 bits per heavy atom. The van der Waals surface area contributed by atoms with Gasteiger partial charge in [-0.25, -0.2) is 0 Å². The molecule has 0 bridgehead atoms. The number of hydrogen-bond acceptors (Lipinski definition) is 4. The highest BCUT2D eigenvalue weighted by Crippen LogP contribution is 1.98. The summed E-state index contributed by atoms with van der Waals surface area (Å²) in [4.78, 5) is 19.0.